The van der Waals surface area contributed by atoms with Gasteiger partial charge in [-0.25, -0.2) is 0 Å². The molecule has 1 aromatic heterocycles. The molecule has 98 valence electrons. The molecule has 1 amide bonds. The number of amides is 1. The Balaban J connectivity index is 2.19. The Labute approximate surface area is 114 Å². The van der Waals surface area contributed by atoms with Gasteiger partial charge in [-0.3, -0.25) is 9.59 Å². The number of aromatic nitrogens is 1. The van der Waals surface area contributed by atoms with E-state index in [1.54, 1.807) is 18.2 Å². The highest BCUT2D eigenvalue weighted by atomic mass is 35.5. The lowest BCUT2D eigenvalue weighted by atomic mass is 10.2. The van der Waals surface area contributed by atoms with Gasteiger partial charge in [0.2, 0.25) is 0 Å². The van der Waals surface area contributed by atoms with E-state index < -0.39 is 5.91 Å². The molecule has 0 aliphatic carbocycles. The van der Waals surface area contributed by atoms with Crippen LogP contribution in [0.25, 0.3) is 0 Å². The highest BCUT2D eigenvalue weighted by Crippen LogP contribution is 2.27. The third-order valence-corrected chi connectivity index (χ3v) is 2.72. The van der Waals surface area contributed by atoms with Crippen molar-refractivity contribution >= 4 is 23.2 Å². The highest BCUT2D eigenvalue weighted by molar-refractivity contribution is 6.32. The van der Waals surface area contributed by atoms with Gasteiger partial charge in [0.25, 0.3) is 5.91 Å². The zero-order valence-corrected chi connectivity index (χ0v) is 10.8. The van der Waals surface area contributed by atoms with E-state index in [1.165, 1.54) is 25.4 Å². The smallest absolute Gasteiger partial charge is 0.272 e. The number of methoxy groups -OCH3 is 1. The van der Waals surface area contributed by atoms with E-state index in [4.69, 9.17) is 16.3 Å². The quantitative estimate of drug-likeness (QED) is 0.905. The number of pyridine rings is 1. The van der Waals surface area contributed by atoms with Gasteiger partial charge in [0.1, 0.15) is 11.4 Å². The van der Waals surface area contributed by atoms with Gasteiger partial charge < -0.3 is 15.0 Å². The number of hydrogen-bond donors (Lipinski definition) is 2. The maximum absolute atomic E-state index is 11.9. The Bertz CT molecular complexity index is 667. The van der Waals surface area contributed by atoms with Crippen molar-refractivity contribution in [2.45, 2.75) is 0 Å². The molecule has 0 saturated heterocycles. The number of ether oxygens (including phenoxy) is 1. The van der Waals surface area contributed by atoms with E-state index >= 15 is 0 Å². The van der Waals surface area contributed by atoms with E-state index in [2.05, 4.69) is 10.3 Å². The second kappa shape index (κ2) is 5.58. The van der Waals surface area contributed by atoms with Gasteiger partial charge in [0.15, 0.2) is 5.43 Å². The average molecular weight is 279 g/mol. The van der Waals surface area contributed by atoms with Gasteiger partial charge in [0.05, 0.1) is 12.1 Å². The van der Waals surface area contributed by atoms with Crippen LogP contribution in [0.2, 0.25) is 5.02 Å². The molecule has 1 aromatic carbocycles. The van der Waals surface area contributed by atoms with Gasteiger partial charge in [-0.2, -0.15) is 0 Å². The van der Waals surface area contributed by atoms with Crippen LogP contribution in [0, 0.1) is 0 Å². The molecular weight excluding hydrogens is 268 g/mol. The van der Waals surface area contributed by atoms with Crippen molar-refractivity contribution in [3.8, 4) is 5.75 Å². The maximum Gasteiger partial charge on any atom is 0.272 e. The van der Waals surface area contributed by atoms with E-state index in [9.17, 15) is 9.59 Å². The molecule has 0 unspecified atom stereocenters. The fraction of sp³-hybridized carbons (Fsp3) is 0.0769. The van der Waals surface area contributed by atoms with Crippen LogP contribution in [0.3, 0.4) is 0 Å². The number of H-pyrrole nitrogens is 1. The zero-order chi connectivity index (χ0) is 13.8. The number of carbonyl (C=O) groups excluding carboxylic acids is 1. The van der Waals surface area contributed by atoms with E-state index in [0.29, 0.717) is 16.5 Å². The van der Waals surface area contributed by atoms with Crippen molar-refractivity contribution in [1.29, 1.82) is 0 Å². The lowest BCUT2D eigenvalue weighted by Crippen LogP contribution is -2.16. The summed E-state index contributed by atoms with van der Waals surface area (Å²) >= 11 is 5.95. The lowest BCUT2D eigenvalue weighted by molar-refractivity contribution is 0.102. The summed E-state index contributed by atoms with van der Waals surface area (Å²) in [7, 11) is 1.51. The maximum atomic E-state index is 11.9. The predicted octanol–water partition coefficient (Wildman–Crippen LogP) is 2.29. The number of benzene rings is 1. The minimum absolute atomic E-state index is 0.180. The standard InChI is InChI=1S/C13H11ClN2O3/c1-19-12-3-2-8(6-10(12)14)16-13(18)11-7-9(17)4-5-15-11/h2-7H,1H3,(H,15,17)(H,16,18). The summed E-state index contributed by atoms with van der Waals surface area (Å²) in [6.45, 7) is 0. The van der Waals surface area contributed by atoms with Crippen molar-refractivity contribution in [2.75, 3.05) is 12.4 Å². The number of carbonyl (C=O) groups is 1. The molecular formula is C13H11ClN2O3. The molecule has 2 aromatic rings. The molecule has 0 spiro atoms. The number of anilines is 1. The molecule has 5 nitrogen and oxygen atoms in total. The fourth-order valence-corrected chi connectivity index (χ4v) is 1.78. The van der Waals surface area contributed by atoms with Crippen molar-refractivity contribution < 1.29 is 9.53 Å². The molecule has 2 rings (SSSR count). The molecule has 1 heterocycles. The largest absolute Gasteiger partial charge is 0.495 e. The zero-order valence-electron chi connectivity index (χ0n) is 10.1. The average Bonchev–Trinajstić information content (AvgIpc) is 2.39. The second-order valence-electron chi connectivity index (χ2n) is 3.74. The molecule has 2 N–H and O–H groups in total. The van der Waals surface area contributed by atoms with E-state index in [-0.39, 0.29) is 11.1 Å². The van der Waals surface area contributed by atoms with Crippen molar-refractivity contribution in [3.05, 3.63) is 57.5 Å². The Morgan fingerprint density at radius 2 is 2.11 bits per heavy atom. The molecule has 0 bridgehead atoms. The fourth-order valence-electron chi connectivity index (χ4n) is 1.52. The molecule has 6 heteroatoms. The number of aromatic amines is 1. The third-order valence-electron chi connectivity index (χ3n) is 2.43. The number of nitrogens with one attached hydrogen (secondary N) is 2. The molecule has 0 saturated carbocycles. The first-order chi connectivity index (χ1) is 9.10. The van der Waals surface area contributed by atoms with Crippen LogP contribution in [-0.4, -0.2) is 18.0 Å². The summed E-state index contributed by atoms with van der Waals surface area (Å²) in [6, 6.07) is 7.43. The first-order valence-corrected chi connectivity index (χ1v) is 5.81. The Kier molecular flexibility index (Phi) is 3.87. The number of hydrogen-bond acceptors (Lipinski definition) is 3. The van der Waals surface area contributed by atoms with Crippen molar-refractivity contribution in [2.24, 2.45) is 0 Å². The summed E-state index contributed by atoms with van der Waals surface area (Å²) in [5.41, 5.74) is 0.455. The van der Waals surface area contributed by atoms with Crippen LogP contribution in [0.4, 0.5) is 5.69 Å². The molecule has 0 aliphatic rings. The summed E-state index contributed by atoms with van der Waals surface area (Å²) in [6.07, 6.45) is 1.41. The lowest BCUT2D eigenvalue weighted by Gasteiger charge is -2.07. The minimum Gasteiger partial charge on any atom is -0.495 e. The van der Waals surface area contributed by atoms with Crippen LogP contribution >= 0.6 is 11.6 Å². The van der Waals surface area contributed by atoms with Crippen molar-refractivity contribution in [1.82, 2.24) is 4.98 Å². The van der Waals surface area contributed by atoms with Gasteiger partial charge >= 0.3 is 0 Å². The van der Waals surface area contributed by atoms with Gasteiger partial charge in [-0.15, -0.1) is 0 Å². The van der Waals surface area contributed by atoms with Gasteiger partial charge in [-0.05, 0) is 18.2 Å². The van der Waals surface area contributed by atoms with Crippen LogP contribution in [-0.2, 0) is 0 Å². The van der Waals surface area contributed by atoms with Crippen molar-refractivity contribution in [3.63, 3.8) is 0 Å². The monoisotopic (exact) mass is 278 g/mol. The minimum atomic E-state index is -0.418. The third kappa shape index (κ3) is 3.14. The van der Waals surface area contributed by atoms with Crippen LogP contribution < -0.4 is 15.5 Å². The SMILES string of the molecule is COc1ccc(NC(=O)c2cc(=O)cc[nH]2)cc1Cl. The topological polar surface area (TPSA) is 71.2 Å². The first kappa shape index (κ1) is 13.2. The molecule has 0 aliphatic heterocycles. The highest BCUT2D eigenvalue weighted by Gasteiger charge is 2.08. The van der Waals surface area contributed by atoms with Gasteiger partial charge in [0, 0.05) is 24.0 Å². The van der Waals surface area contributed by atoms with Crippen LogP contribution in [0.15, 0.2) is 41.3 Å². The second-order valence-corrected chi connectivity index (χ2v) is 4.15. The molecule has 0 atom stereocenters. The predicted molar refractivity (Wildman–Crippen MR) is 73.0 cm³/mol. The summed E-state index contributed by atoms with van der Waals surface area (Å²) in [5.74, 6) is 0.103. The van der Waals surface area contributed by atoms with Crippen LogP contribution in [0.1, 0.15) is 10.5 Å². The molecule has 19 heavy (non-hydrogen) atoms. The Hall–Kier alpha value is -2.27. The first-order valence-electron chi connectivity index (χ1n) is 5.44. The normalized spacial score (nSPS) is 10.0. The van der Waals surface area contributed by atoms with Gasteiger partial charge in [-0.1, -0.05) is 11.6 Å². The summed E-state index contributed by atoms with van der Waals surface area (Å²) < 4.78 is 5.01. The Morgan fingerprint density at radius 3 is 2.74 bits per heavy atom. The summed E-state index contributed by atoms with van der Waals surface area (Å²) in [5, 5.41) is 3.02. The molecule has 0 fully saturated rings. The van der Waals surface area contributed by atoms with E-state index in [1.807, 2.05) is 0 Å². The summed E-state index contributed by atoms with van der Waals surface area (Å²) in [4.78, 5) is 25.7. The number of rotatable bonds is 3. The van der Waals surface area contributed by atoms with Crippen LogP contribution in [0.5, 0.6) is 5.75 Å². The molecule has 0 radical (unpaired) electrons. The van der Waals surface area contributed by atoms with E-state index in [0.717, 1.165) is 0 Å². The number of halogens is 1. The Morgan fingerprint density at radius 1 is 1.32 bits per heavy atom.